The van der Waals surface area contributed by atoms with Gasteiger partial charge in [-0.1, -0.05) is 0 Å². The molecule has 0 saturated carbocycles. The molecule has 0 spiro atoms. The maximum atomic E-state index is 12.1. The number of amides is 1. The van der Waals surface area contributed by atoms with Crippen LogP contribution in [0.25, 0.3) is 0 Å². The first-order chi connectivity index (χ1) is 9.19. The number of carbonyl (C=O) groups is 2. The van der Waals surface area contributed by atoms with Crippen molar-refractivity contribution in [1.29, 1.82) is 0 Å². The minimum atomic E-state index is 0.0583. The van der Waals surface area contributed by atoms with Crippen LogP contribution in [0, 0.1) is 5.92 Å². The zero-order valence-electron chi connectivity index (χ0n) is 11.2. The number of carbonyl (C=O) groups excluding carboxylic acids is 2. The van der Waals surface area contributed by atoms with Crippen molar-refractivity contribution in [2.24, 2.45) is 5.92 Å². The highest BCUT2D eigenvalue weighted by atomic mass is 16.3. The maximum absolute atomic E-state index is 12.1. The van der Waals surface area contributed by atoms with Gasteiger partial charge in [0.1, 0.15) is 12.0 Å². The smallest absolute Gasteiger partial charge is 0.236 e. The molecule has 1 aliphatic heterocycles. The lowest BCUT2D eigenvalue weighted by molar-refractivity contribution is -0.132. The molecule has 0 aliphatic carbocycles. The second kappa shape index (κ2) is 6.52. The van der Waals surface area contributed by atoms with Crippen LogP contribution >= 0.6 is 0 Å². The minimum absolute atomic E-state index is 0.0583. The molecule has 0 radical (unpaired) electrons. The molecule has 5 heteroatoms. The molecule has 0 aromatic carbocycles. The van der Waals surface area contributed by atoms with Crippen molar-refractivity contribution in [3.05, 3.63) is 24.2 Å². The van der Waals surface area contributed by atoms with E-state index in [1.807, 2.05) is 12.1 Å². The van der Waals surface area contributed by atoms with E-state index in [9.17, 15) is 9.59 Å². The molecule has 0 bridgehead atoms. The van der Waals surface area contributed by atoms with Crippen molar-refractivity contribution in [2.45, 2.75) is 19.4 Å². The third-order valence-electron chi connectivity index (χ3n) is 3.49. The van der Waals surface area contributed by atoms with E-state index in [2.05, 4.69) is 4.90 Å². The van der Waals surface area contributed by atoms with Crippen molar-refractivity contribution >= 4 is 12.2 Å². The Balaban J connectivity index is 1.81. The summed E-state index contributed by atoms with van der Waals surface area (Å²) in [7, 11) is 1.77. The first kappa shape index (κ1) is 13.8. The minimum Gasteiger partial charge on any atom is -0.467 e. The first-order valence-corrected chi connectivity index (χ1v) is 6.63. The molecule has 2 heterocycles. The quantitative estimate of drug-likeness (QED) is 0.749. The summed E-state index contributed by atoms with van der Waals surface area (Å²) in [6.45, 7) is 2.45. The molecular weight excluding hydrogens is 244 g/mol. The van der Waals surface area contributed by atoms with E-state index in [0.717, 1.165) is 31.4 Å². The summed E-state index contributed by atoms with van der Waals surface area (Å²) < 4.78 is 5.22. The van der Waals surface area contributed by atoms with Gasteiger partial charge in [0.2, 0.25) is 5.91 Å². The predicted octanol–water partition coefficient (Wildman–Crippen LogP) is 1.15. The Labute approximate surface area is 113 Å². The standard InChI is InChI=1S/C14H20N2O3/c1-15(9-13-5-3-7-19-13)14(18)10-16-6-2-4-12(8-16)11-17/h3,5,7,11-12H,2,4,6,8-10H2,1H3. The van der Waals surface area contributed by atoms with Gasteiger partial charge in [0.15, 0.2) is 0 Å². The van der Waals surface area contributed by atoms with Crippen LogP contribution in [0.1, 0.15) is 18.6 Å². The molecule has 1 aromatic heterocycles. The fourth-order valence-electron chi connectivity index (χ4n) is 2.38. The number of hydrogen-bond donors (Lipinski definition) is 0. The van der Waals surface area contributed by atoms with Gasteiger partial charge in [0, 0.05) is 19.5 Å². The van der Waals surface area contributed by atoms with Gasteiger partial charge in [0.05, 0.1) is 19.4 Å². The normalized spacial score (nSPS) is 20.2. The van der Waals surface area contributed by atoms with E-state index in [4.69, 9.17) is 4.42 Å². The van der Waals surface area contributed by atoms with E-state index in [0.29, 0.717) is 19.6 Å². The molecule has 1 amide bonds. The van der Waals surface area contributed by atoms with Crippen LogP contribution in [0.5, 0.6) is 0 Å². The highest BCUT2D eigenvalue weighted by molar-refractivity contribution is 5.78. The predicted molar refractivity (Wildman–Crippen MR) is 70.4 cm³/mol. The largest absolute Gasteiger partial charge is 0.467 e. The molecular formula is C14H20N2O3. The van der Waals surface area contributed by atoms with Gasteiger partial charge in [0.25, 0.3) is 0 Å². The van der Waals surface area contributed by atoms with E-state index in [1.54, 1.807) is 18.2 Å². The average Bonchev–Trinajstić information content (AvgIpc) is 2.91. The van der Waals surface area contributed by atoms with Crippen LogP contribution < -0.4 is 0 Å². The van der Waals surface area contributed by atoms with E-state index >= 15 is 0 Å². The fraction of sp³-hybridized carbons (Fsp3) is 0.571. The topological polar surface area (TPSA) is 53.8 Å². The summed E-state index contributed by atoms with van der Waals surface area (Å²) in [5.41, 5.74) is 0. The molecule has 19 heavy (non-hydrogen) atoms. The summed E-state index contributed by atoms with van der Waals surface area (Å²) >= 11 is 0. The van der Waals surface area contributed by atoms with Gasteiger partial charge in [-0.05, 0) is 31.5 Å². The summed E-state index contributed by atoms with van der Waals surface area (Å²) in [5, 5.41) is 0. The van der Waals surface area contributed by atoms with Crippen LogP contribution in [0.4, 0.5) is 0 Å². The highest BCUT2D eigenvalue weighted by Gasteiger charge is 2.22. The van der Waals surface area contributed by atoms with Crippen LogP contribution in [0.15, 0.2) is 22.8 Å². The van der Waals surface area contributed by atoms with Gasteiger partial charge in [-0.2, -0.15) is 0 Å². The summed E-state index contributed by atoms with van der Waals surface area (Å²) in [4.78, 5) is 26.6. The second-order valence-electron chi connectivity index (χ2n) is 5.10. The molecule has 104 valence electrons. The Hall–Kier alpha value is -1.62. The lowest BCUT2D eigenvalue weighted by Gasteiger charge is -2.30. The number of hydrogen-bond acceptors (Lipinski definition) is 4. The third-order valence-corrected chi connectivity index (χ3v) is 3.49. The lowest BCUT2D eigenvalue weighted by atomic mass is 10.00. The molecule has 1 fully saturated rings. The first-order valence-electron chi connectivity index (χ1n) is 6.63. The SMILES string of the molecule is CN(Cc1ccco1)C(=O)CN1CCCC(C=O)C1. The number of furan rings is 1. The fourth-order valence-corrected chi connectivity index (χ4v) is 2.38. The zero-order chi connectivity index (χ0) is 13.7. The van der Waals surface area contributed by atoms with Crippen LogP contribution in [-0.4, -0.2) is 48.7 Å². The van der Waals surface area contributed by atoms with Crippen molar-refractivity contribution in [3.63, 3.8) is 0 Å². The Kier molecular flexibility index (Phi) is 4.74. The van der Waals surface area contributed by atoms with E-state index in [-0.39, 0.29) is 11.8 Å². The maximum Gasteiger partial charge on any atom is 0.236 e. The third kappa shape index (κ3) is 3.92. The molecule has 1 aliphatic rings. The Morgan fingerprint density at radius 3 is 3.16 bits per heavy atom. The number of rotatable bonds is 5. The molecule has 0 N–H and O–H groups in total. The second-order valence-corrected chi connectivity index (χ2v) is 5.10. The average molecular weight is 264 g/mol. The number of nitrogens with zero attached hydrogens (tertiary/aromatic N) is 2. The van der Waals surface area contributed by atoms with Crippen molar-refractivity contribution in [2.75, 3.05) is 26.7 Å². The Bertz CT molecular complexity index is 416. The number of aldehydes is 1. The van der Waals surface area contributed by atoms with Gasteiger partial charge in [-0.15, -0.1) is 0 Å². The number of likely N-dealkylation sites (N-methyl/N-ethyl adjacent to an activating group) is 1. The van der Waals surface area contributed by atoms with E-state index < -0.39 is 0 Å². The highest BCUT2D eigenvalue weighted by Crippen LogP contribution is 2.14. The lowest BCUT2D eigenvalue weighted by Crippen LogP contribution is -2.43. The summed E-state index contributed by atoms with van der Waals surface area (Å²) in [5.74, 6) is 0.917. The van der Waals surface area contributed by atoms with Gasteiger partial charge >= 0.3 is 0 Å². The van der Waals surface area contributed by atoms with Crippen LogP contribution in [0.2, 0.25) is 0 Å². The van der Waals surface area contributed by atoms with Crippen LogP contribution in [0.3, 0.4) is 0 Å². The molecule has 1 unspecified atom stereocenters. The van der Waals surface area contributed by atoms with Crippen LogP contribution in [-0.2, 0) is 16.1 Å². The number of piperidine rings is 1. The Morgan fingerprint density at radius 1 is 1.63 bits per heavy atom. The molecule has 5 nitrogen and oxygen atoms in total. The van der Waals surface area contributed by atoms with Crippen molar-refractivity contribution < 1.29 is 14.0 Å². The van der Waals surface area contributed by atoms with E-state index in [1.165, 1.54) is 0 Å². The molecule has 1 aromatic rings. The molecule has 2 rings (SSSR count). The number of likely N-dealkylation sites (tertiary alicyclic amines) is 1. The summed E-state index contributed by atoms with van der Waals surface area (Å²) in [6.07, 6.45) is 4.53. The Morgan fingerprint density at radius 2 is 2.47 bits per heavy atom. The summed E-state index contributed by atoms with van der Waals surface area (Å²) in [6, 6.07) is 3.67. The van der Waals surface area contributed by atoms with Gasteiger partial charge in [-0.3, -0.25) is 9.69 Å². The molecule has 1 saturated heterocycles. The monoisotopic (exact) mass is 264 g/mol. The van der Waals surface area contributed by atoms with Crippen molar-refractivity contribution in [1.82, 2.24) is 9.80 Å². The van der Waals surface area contributed by atoms with Gasteiger partial charge < -0.3 is 14.1 Å². The molecule has 1 atom stereocenters. The van der Waals surface area contributed by atoms with Crippen molar-refractivity contribution in [3.8, 4) is 0 Å². The zero-order valence-corrected chi connectivity index (χ0v) is 11.2. The van der Waals surface area contributed by atoms with Gasteiger partial charge in [-0.25, -0.2) is 0 Å².